The van der Waals surface area contributed by atoms with Gasteiger partial charge in [-0.3, -0.25) is 4.79 Å². The maximum atomic E-state index is 11.5. The first kappa shape index (κ1) is 13.0. The highest BCUT2D eigenvalue weighted by Gasteiger charge is 2.30. The molecule has 1 saturated heterocycles. The van der Waals surface area contributed by atoms with Crippen molar-refractivity contribution >= 4 is 33.7 Å². The van der Waals surface area contributed by atoms with Gasteiger partial charge in [0.1, 0.15) is 0 Å². The monoisotopic (exact) mass is 314 g/mol. The number of hydrogen-bond donors (Lipinski definition) is 1. The zero-order valence-corrected chi connectivity index (χ0v) is 11.8. The fourth-order valence-corrected chi connectivity index (χ4v) is 3.78. The lowest BCUT2D eigenvalue weighted by Crippen LogP contribution is -2.25. The summed E-state index contributed by atoms with van der Waals surface area (Å²) in [5.74, 6) is 1.36. The first-order valence-corrected chi connectivity index (χ1v) is 7.69. The molecule has 92 valence electrons. The molecule has 0 aliphatic carbocycles. The molecule has 17 heavy (non-hydrogen) atoms. The molecule has 0 aromatic heterocycles. The lowest BCUT2D eigenvalue weighted by atomic mass is 9.84. The summed E-state index contributed by atoms with van der Waals surface area (Å²) in [6, 6.07) is 7.67. The molecule has 0 spiro atoms. The number of hydrogen-bond acceptors (Lipinski definition) is 2. The molecule has 1 aliphatic heterocycles. The minimum Gasteiger partial charge on any atom is -0.481 e. The second-order valence-corrected chi connectivity index (χ2v) is 6.41. The van der Waals surface area contributed by atoms with Gasteiger partial charge in [-0.2, -0.15) is 11.8 Å². The summed E-state index contributed by atoms with van der Waals surface area (Å²) in [5.41, 5.74) is 0.924. The average molecular weight is 315 g/mol. The number of carboxylic acids is 1. The van der Waals surface area contributed by atoms with Gasteiger partial charge in [0.2, 0.25) is 0 Å². The van der Waals surface area contributed by atoms with Crippen molar-refractivity contribution < 1.29 is 9.90 Å². The number of benzene rings is 1. The van der Waals surface area contributed by atoms with E-state index in [9.17, 15) is 9.90 Å². The van der Waals surface area contributed by atoms with E-state index in [0.29, 0.717) is 0 Å². The molecule has 4 heteroatoms. The van der Waals surface area contributed by atoms with Crippen LogP contribution in [-0.2, 0) is 4.79 Å². The molecular formula is C13H15BrO2S. The number of rotatable bonds is 3. The van der Waals surface area contributed by atoms with Crippen molar-refractivity contribution in [2.45, 2.75) is 18.8 Å². The average Bonchev–Trinajstić information content (AvgIpc) is 2.33. The minimum atomic E-state index is -0.695. The van der Waals surface area contributed by atoms with Crippen LogP contribution in [0.4, 0.5) is 0 Å². The van der Waals surface area contributed by atoms with Gasteiger partial charge in [-0.15, -0.1) is 0 Å². The third-order valence-electron chi connectivity index (χ3n) is 3.16. The normalized spacial score (nSPS) is 22.1. The van der Waals surface area contributed by atoms with E-state index in [1.807, 2.05) is 36.0 Å². The minimum absolute atomic E-state index is 0.271. The van der Waals surface area contributed by atoms with E-state index in [2.05, 4.69) is 15.9 Å². The zero-order valence-electron chi connectivity index (χ0n) is 9.43. The Morgan fingerprint density at radius 2 is 2.12 bits per heavy atom. The second-order valence-electron chi connectivity index (χ2n) is 4.34. The predicted molar refractivity (Wildman–Crippen MR) is 74.6 cm³/mol. The van der Waals surface area contributed by atoms with E-state index in [4.69, 9.17) is 0 Å². The standard InChI is InChI=1S/C13H15BrO2S/c14-11-5-3-9(4-6-11)12(13(15)16)10-2-1-7-17-8-10/h3-6,10,12H,1-2,7-8H2,(H,15,16). The molecule has 1 fully saturated rings. The first-order valence-electron chi connectivity index (χ1n) is 5.74. The van der Waals surface area contributed by atoms with Crippen molar-refractivity contribution in [3.8, 4) is 0 Å². The van der Waals surface area contributed by atoms with Crippen LogP contribution in [0.25, 0.3) is 0 Å². The molecule has 0 saturated carbocycles. The number of thioether (sulfide) groups is 1. The number of carbonyl (C=O) groups is 1. The van der Waals surface area contributed by atoms with Crippen molar-refractivity contribution in [3.05, 3.63) is 34.3 Å². The smallest absolute Gasteiger partial charge is 0.311 e. The van der Waals surface area contributed by atoms with Crippen LogP contribution in [0.15, 0.2) is 28.7 Å². The Hall–Kier alpha value is -0.480. The van der Waals surface area contributed by atoms with Crippen molar-refractivity contribution in [1.82, 2.24) is 0 Å². The summed E-state index contributed by atoms with van der Waals surface area (Å²) in [7, 11) is 0. The molecule has 2 rings (SSSR count). The van der Waals surface area contributed by atoms with Crippen molar-refractivity contribution in [2.24, 2.45) is 5.92 Å². The quantitative estimate of drug-likeness (QED) is 0.923. The molecule has 2 nitrogen and oxygen atoms in total. The fourth-order valence-electron chi connectivity index (χ4n) is 2.32. The Kier molecular flexibility index (Phi) is 4.51. The van der Waals surface area contributed by atoms with Crippen LogP contribution in [0, 0.1) is 5.92 Å². The van der Waals surface area contributed by atoms with E-state index in [0.717, 1.165) is 28.6 Å². The maximum Gasteiger partial charge on any atom is 0.311 e. The molecule has 1 heterocycles. The van der Waals surface area contributed by atoms with E-state index in [1.165, 1.54) is 5.75 Å². The highest BCUT2D eigenvalue weighted by molar-refractivity contribution is 9.10. The van der Waals surface area contributed by atoms with Gasteiger partial charge in [-0.05, 0) is 48.0 Å². The Bertz CT molecular complexity index is 385. The van der Waals surface area contributed by atoms with Gasteiger partial charge in [-0.25, -0.2) is 0 Å². The van der Waals surface area contributed by atoms with E-state index < -0.39 is 5.97 Å². The van der Waals surface area contributed by atoms with Gasteiger partial charge < -0.3 is 5.11 Å². The summed E-state index contributed by atoms with van der Waals surface area (Å²) >= 11 is 5.25. The fraction of sp³-hybridized carbons (Fsp3) is 0.462. The third-order valence-corrected chi connectivity index (χ3v) is 4.93. The summed E-state index contributed by atoms with van der Waals surface area (Å²) in [6.45, 7) is 0. The van der Waals surface area contributed by atoms with Crippen LogP contribution in [0.2, 0.25) is 0 Å². The SMILES string of the molecule is O=C(O)C(c1ccc(Br)cc1)C1CCCSC1. The summed E-state index contributed by atoms with van der Waals surface area (Å²) in [4.78, 5) is 11.5. The summed E-state index contributed by atoms with van der Waals surface area (Å²) in [6.07, 6.45) is 2.16. The van der Waals surface area contributed by atoms with Crippen LogP contribution in [0.5, 0.6) is 0 Å². The highest BCUT2D eigenvalue weighted by Crippen LogP contribution is 2.35. The van der Waals surface area contributed by atoms with Crippen LogP contribution in [0.3, 0.4) is 0 Å². The second kappa shape index (κ2) is 5.91. The van der Waals surface area contributed by atoms with Gasteiger partial charge >= 0.3 is 5.97 Å². The topological polar surface area (TPSA) is 37.3 Å². The van der Waals surface area contributed by atoms with E-state index >= 15 is 0 Å². The molecule has 0 amide bonds. The molecule has 1 N–H and O–H groups in total. The maximum absolute atomic E-state index is 11.5. The molecule has 1 aromatic rings. The molecule has 0 radical (unpaired) electrons. The Morgan fingerprint density at radius 1 is 1.41 bits per heavy atom. The molecular weight excluding hydrogens is 300 g/mol. The largest absolute Gasteiger partial charge is 0.481 e. The van der Waals surface area contributed by atoms with Gasteiger partial charge in [0, 0.05) is 4.47 Å². The Labute approximate surface area is 114 Å². The zero-order chi connectivity index (χ0) is 12.3. The van der Waals surface area contributed by atoms with Gasteiger partial charge in [0.05, 0.1) is 5.92 Å². The van der Waals surface area contributed by atoms with E-state index in [1.54, 1.807) is 0 Å². The molecule has 2 unspecified atom stereocenters. The number of aliphatic carboxylic acids is 1. The third kappa shape index (κ3) is 3.26. The lowest BCUT2D eigenvalue weighted by Gasteiger charge is -2.27. The molecule has 0 bridgehead atoms. The van der Waals surface area contributed by atoms with Crippen LogP contribution in [-0.4, -0.2) is 22.6 Å². The lowest BCUT2D eigenvalue weighted by molar-refractivity contribution is -0.140. The van der Waals surface area contributed by atoms with Gasteiger partial charge in [-0.1, -0.05) is 28.1 Å². The van der Waals surface area contributed by atoms with Crippen molar-refractivity contribution in [2.75, 3.05) is 11.5 Å². The molecule has 1 aliphatic rings. The number of halogens is 1. The first-order chi connectivity index (χ1) is 8.18. The Balaban J connectivity index is 2.21. The molecule has 2 atom stereocenters. The van der Waals surface area contributed by atoms with Crippen LogP contribution >= 0.6 is 27.7 Å². The van der Waals surface area contributed by atoms with Gasteiger partial charge in [0.15, 0.2) is 0 Å². The molecule has 1 aromatic carbocycles. The van der Waals surface area contributed by atoms with Gasteiger partial charge in [0.25, 0.3) is 0 Å². The number of carboxylic acid groups (broad SMARTS) is 1. The summed E-state index contributed by atoms with van der Waals surface area (Å²) < 4.78 is 0.989. The highest BCUT2D eigenvalue weighted by atomic mass is 79.9. The van der Waals surface area contributed by atoms with Crippen LogP contribution in [0.1, 0.15) is 24.3 Å². The Morgan fingerprint density at radius 3 is 2.65 bits per heavy atom. The van der Waals surface area contributed by atoms with Crippen molar-refractivity contribution in [3.63, 3.8) is 0 Å². The predicted octanol–water partition coefficient (Wildman–Crippen LogP) is 3.76. The van der Waals surface area contributed by atoms with Crippen molar-refractivity contribution in [1.29, 1.82) is 0 Å². The van der Waals surface area contributed by atoms with Crippen LogP contribution < -0.4 is 0 Å². The van der Waals surface area contributed by atoms with E-state index in [-0.39, 0.29) is 11.8 Å². The summed E-state index contributed by atoms with van der Waals surface area (Å²) in [5, 5.41) is 9.43.